The summed E-state index contributed by atoms with van der Waals surface area (Å²) in [6.07, 6.45) is 10.2. The van der Waals surface area contributed by atoms with Crippen molar-refractivity contribution in [3.8, 4) is 0 Å². The number of nitrogens with one attached hydrogen (secondary N) is 1. The summed E-state index contributed by atoms with van der Waals surface area (Å²) in [6.45, 7) is 7.03. The van der Waals surface area contributed by atoms with Gasteiger partial charge in [-0.15, -0.1) is 0 Å². The maximum atomic E-state index is 5.58. The molecule has 0 spiro atoms. The lowest BCUT2D eigenvalue weighted by molar-refractivity contribution is 0.130. The molecule has 2 heteroatoms. The number of hydrogen-bond acceptors (Lipinski definition) is 2. The van der Waals surface area contributed by atoms with E-state index in [1.807, 2.05) is 0 Å². The second-order valence-electron chi connectivity index (χ2n) is 4.54. The summed E-state index contributed by atoms with van der Waals surface area (Å²) in [6, 6.07) is 0.456. The molecule has 0 aromatic rings. The first kappa shape index (κ1) is 13.7. The summed E-state index contributed by atoms with van der Waals surface area (Å²) in [5, 5.41) is 3.61. The minimum atomic E-state index is 0.456. The molecular formula is C14H27NO. The zero-order valence-corrected chi connectivity index (χ0v) is 10.9. The van der Waals surface area contributed by atoms with Crippen LogP contribution in [0.3, 0.4) is 0 Å². The Morgan fingerprint density at radius 3 is 2.94 bits per heavy atom. The SMILES string of the molecule is CCCNC(COCC)C1=CCCCCC1. The van der Waals surface area contributed by atoms with E-state index in [0.29, 0.717) is 6.04 Å². The molecule has 1 aliphatic carbocycles. The third kappa shape index (κ3) is 5.13. The lowest BCUT2D eigenvalue weighted by Gasteiger charge is -2.21. The molecule has 0 heterocycles. The topological polar surface area (TPSA) is 21.3 Å². The molecule has 0 saturated carbocycles. The van der Waals surface area contributed by atoms with Crippen molar-refractivity contribution in [2.45, 2.75) is 58.4 Å². The second kappa shape index (κ2) is 8.77. The fraction of sp³-hybridized carbons (Fsp3) is 0.857. The minimum Gasteiger partial charge on any atom is -0.380 e. The minimum absolute atomic E-state index is 0.456. The molecule has 0 saturated heterocycles. The van der Waals surface area contributed by atoms with Crippen LogP contribution in [-0.2, 0) is 4.74 Å². The molecule has 1 rings (SSSR count). The van der Waals surface area contributed by atoms with Gasteiger partial charge in [-0.1, -0.05) is 25.0 Å². The Morgan fingerprint density at radius 1 is 1.31 bits per heavy atom. The summed E-state index contributed by atoms with van der Waals surface area (Å²) < 4.78 is 5.58. The van der Waals surface area contributed by atoms with Crippen LogP contribution >= 0.6 is 0 Å². The van der Waals surface area contributed by atoms with Crippen LogP contribution in [0.2, 0.25) is 0 Å². The highest BCUT2D eigenvalue weighted by molar-refractivity contribution is 5.12. The van der Waals surface area contributed by atoms with Crippen molar-refractivity contribution in [3.63, 3.8) is 0 Å². The standard InChI is InChI=1S/C14H27NO/c1-3-11-15-14(12-16-4-2)13-9-7-5-6-8-10-13/h9,14-15H,3-8,10-12H2,1-2H3. The zero-order valence-electron chi connectivity index (χ0n) is 10.9. The summed E-state index contributed by atoms with van der Waals surface area (Å²) in [4.78, 5) is 0. The van der Waals surface area contributed by atoms with Crippen LogP contribution in [0.4, 0.5) is 0 Å². The molecule has 0 amide bonds. The van der Waals surface area contributed by atoms with Gasteiger partial charge in [-0.05, 0) is 45.6 Å². The van der Waals surface area contributed by atoms with Crippen molar-refractivity contribution < 1.29 is 4.74 Å². The van der Waals surface area contributed by atoms with Crippen molar-refractivity contribution in [1.29, 1.82) is 0 Å². The van der Waals surface area contributed by atoms with Gasteiger partial charge in [0.2, 0.25) is 0 Å². The first-order valence-electron chi connectivity index (χ1n) is 6.88. The second-order valence-corrected chi connectivity index (χ2v) is 4.54. The Bertz CT molecular complexity index is 193. The van der Waals surface area contributed by atoms with Crippen LogP contribution in [0, 0.1) is 0 Å². The van der Waals surface area contributed by atoms with Gasteiger partial charge in [0.15, 0.2) is 0 Å². The van der Waals surface area contributed by atoms with Gasteiger partial charge in [0.1, 0.15) is 0 Å². The highest BCUT2D eigenvalue weighted by atomic mass is 16.5. The predicted molar refractivity (Wildman–Crippen MR) is 69.7 cm³/mol. The van der Waals surface area contributed by atoms with E-state index in [4.69, 9.17) is 4.74 Å². The van der Waals surface area contributed by atoms with Gasteiger partial charge in [0.05, 0.1) is 12.6 Å². The van der Waals surface area contributed by atoms with E-state index in [9.17, 15) is 0 Å². The first-order valence-corrected chi connectivity index (χ1v) is 6.88. The van der Waals surface area contributed by atoms with E-state index >= 15 is 0 Å². The van der Waals surface area contributed by atoms with Crippen molar-refractivity contribution in [3.05, 3.63) is 11.6 Å². The number of ether oxygens (including phenoxy) is 1. The molecule has 1 aliphatic rings. The Labute approximate surface area is 100 Å². The summed E-state index contributed by atoms with van der Waals surface area (Å²) >= 11 is 0. The van der Waals surface area contributed by atoms with Gasteiger partial charge in [0, 0.05) is 6.61 Å². The predicted octanol–water partition coefficient (Wildman–Crippen LogP) is 3.28. The Kier molecular flexibility index (Phi) is 7.52. The monoisotopic (exact) mass is 225 g/mol. The van der Waals surface area contributed by atoms with Crippen LogP contribution in [0.15, 0.2) is 11.6 Å². The number of rotatable bonds is 7. The molecule has 0 bridgehead atoms. The van der Waals surface area contributed by atoms with E-state index in [-0.39, 0.29) is 0 Å². The van der Waals surface area contributed by atoms with Gasteiger partial charge in [-0.25, -0.2) is 0 Å². The lowest BCUT2D eigenvalue weighted by atomic mass is 10.0. The fourth-order valence-electron chi connectivity index (χ4n) is 2.21. The van der Waals surface area contributed by atoms with Crippen molar-refractivity contribution in [2.24, 2.45) is 0 Å². The molecule has 1 unspecified atom stereocenters. The Balaban J connectivity index is 2.47. The van der Waals surface area contributed by atoms with E-state index in [1.165, 1.54) is 38.5 Å². The largest absolute Gasteiger partial charge is 0.380 e. The molecular weight excluding hydrogens is 198 g/mol. The molecule has 0 aliphatic heterocycles. The van der Waals surface area contributed by atoms with Gasteiger partial charge >= 0.3 is 0 Å². The molecule has 0 fully saturated rings. The smallest absolute Gasteiger partial charge is 0.0658 e. The van der Waals surface area contributed by atoms with E-state index in [0.717, 1.165) is 19.8 Å². The highest BCUT2D eigenvalue weighted by Crippen LogP contribution is 2.20. The van der Waals surface area contributed by atoms with Crippen LogP contribution in [0.25, 0.3) is 0 Å². The van der Waals surface area contributed by atoms with E-state index < -0.39 is 0 Å². The van der Waals surface area contributed by atoms with E-state index in [2.05, 4.69) is 25.2 Å². The third-order valence-electron chi connectivity index (χ3n) is 3.15. The van der Waals surface area contributed by atoms with Crippen molar-refractivity contribution in [2.75, 3.05) is 19.8 Å². The normalized spacial score (nSPS) is 19.0. The lowest BCUT2D eigenvalue weighted by Crippen LogP contribution is -2.36. The van der Waals surface area contributed by atoms with Crippen LogP contribution in [0.5, 0.6) is 0 Å². The van der Waals surface area contributed by atoms with Crippen LogP contribution < -0.4 is 5.32 Å². The molecule has 2 nitrogen and oxygen atoms in total. The van der Waals surface area contributed by atoms with Gasteiger partial charge < -0.3 is 10.1 Å². The molecule has 0 aromatic carbocycles. The molecule has 16 heavy (non-hydrogen) atoms. The first-order chi connectivity index (χ1) is 7.88. The fourth-order valence-corrected chi connectivity index (χ4v) is 2.21. The third-order valence-corrected chi connectivity index (χ3v) is 3.15. The molecule has 0 aromatic heterocycles. The average Bonchev–Trinajstić information content (AvgIpc) is 2.58. The highest BCUT2D eigenvalue weighted by Gasteiger charge is 2.14. The van der Waals surface area contributed by atoms with Gasteiger partial charge in [-0.2, -0.15) is 0 Å². The number of allylic oxidation sites excluding steroid dienone is 1. The van der Waals surface area contributed by atoms with Crippen LogP contribution in [0.1, 0.15) is 52.4 Å². The number of hydrogen-bond donors (Lipinski definition) is 1. The summed E-state index contributed by atoms with van der Waals surface area (Å²) in [5.41, 5.74) is 1.58. The van der Waals surface area contributed by atoms with Crippen LogP contribution in [-0.4, -0.2) is 25.8 Å². The van der Waals surface area contributed by atoms with Gasteiger partial charge in [-0.3, -0.25) is 0 Å². The Morgan fingerprint density at radius 2 is 2.19 bits per heavy atom. The van der Waals surface area contributed by atoms with Gasteiger partial charge in [0.25, 0.3) is 0 Å². The quantitative estimate of drug-likeness (QED) is 0.671. The van der Waals surface area contributed by atoms with Crippen molar-refractivity contribution >= 4 is 0 Å². The summed E-state index contributed by atoms with van der Waals surface area (Å²) in [5.74, 6) is 0. The average molecular weight is 225 g/mol. The Hall–Kier alpha value is -0.340. The zero-order chi connectivity index (χ0) is 11.6. The maximum Gasteiger partial charge on any atom is 0.0658 e. The maximum absolute atomic E-state index is 5.58. The molecule has 1 atom stereocenters. The van der Waals surface area contributed by atoms with Crippen molar-refractivity contribution in [1.82, 2.24) is 5.32 Å². The van der Waals surface area contributed by atoms with E-state index in [1.54, 1.807) is 5.57 Å². The summed E-state index contributed by atoms with van der Waals surface area (Å²) in [7, 11) is 0. The molecule has 1 N–H and O–H groups in total. The molecule has 94 valence electrons. The molecule has 0 radical (unpaired) electrons.